The summed E-state index contributed by atoms with van der Waals surface area (Å²) in [6.07, 6.45) is 6.71. The summed E-state index contributed by atoms with van der Waals surface area (Å²) < 4.78 is 4.70. The minimum Gasteiger partial charge on any atom is -0.465 e. The van der Waals surface area contributed by atoms with Crippen molar-refractivity contribution in [2.24, 2.45) is 0 Å². The first-order valence-corrected chi connectivity index (χ1v) is 8.25. The molecule has 2 aliphatic rings. The van der Waals surface area contributed by atoms with E-state index < -0.39 is 10.9 Å². The van der Waals surface area contributed by atoms with Crippen LogP contribution in [0.2, 0.25) is 0 Å². The first kappa shape index (κ1) is 15.1. The number of carbonyl (C=O) groups is 1. The van der Waals surface area contributed by atoms with Crippen LogP contribution in [0, 0.1) is 10.1 Å². The Morgan fingerprint density at radius 3 is 2.86 bits per heavy atom. The molecule has 0 spiro atoms. The summed E-state index contributed by atoms with van der Waals surface area (Å²) in [7, 11) is 1.28. The van der Waals surface area contributed by atoms with Gasteiger partial charge in [0.25, 0.3) is 5.69 Å². The SMILES string of the molecule is COC(=O)c1cc(C2=CC3CCCC(C2)S3)cc([N+](=O)[O-])c1. The molecule has 0 aliphatic carbocycles. The van der Waals surface area contributed by atoms with Gasteiger partial charge in [0.1, 0.15) is 0 Å². The third-order valence-corrected chi connectivity index (χ3v) is 5.65. The number of fused-ring (bicyclic) bond motifs is 2. The van der Waals surface area contributed by atoms with Gasteiger partial charge in [-0.15, -0.1) is 0 Å². The lowest BCUT2D eigenvalue weighted by Gasteiger charge is -2.33. The lowest BCUT2D eigenvalue weighted by Crippen LogP contribution is -2.21. The fourth-order valence-corrected chi connectivity index (χ4v) is 4.71. The molecule has 1 aromatic rings. The maximum atomic E-state index is 11.8. The van der Waals surface area contributed by atoms with Crippen LogP contribution < -0.4 is 0 Å². The lowest BCUT2D eigenvalue weighted by molar-refractivity contribution is -0.384. The zero-order valence-electron chi connectivity index (χ0n) is 12.3. The smallest absolute Gasteiger partial charge is 0.338 e. The van der Waals surface area contributed by atoms with Crippen LogP contribution in [0.3, 0.4) is 0 Å². The standard InChI is InChI=1S/C16H17NO4S/c1-21-16(18)12-5-10(6-13(7-12)17(19)20)11-8-14-3-2-4-15(9-11)22-14/h5-8,14-15H,2-4,9H2,1H3. The Balaban J connectivity index is 2.02. The Morgan fingerprint density at radius 2 is 2.18 bits per heavy atom. The molecule has 0 N–H and O–H groups in total. The van der Waals surface area contributed by atoms with E-state index in [1.165, 1.54) is 26.0 Å². The van der Waals surface area contributed by atoms with Gasteiger partial charge in [-0.2, -0.15) is 11.8 Å². The first-order valence-electron chi connectivity index (χ1n) is 7.31. The monoisotopic (exact) mass is 319 g/mol. The molecule has 5 nitrogen and oxygen atoms in total. The number of benzene rings is 1. The molecule has 0 radical (unpaired) electrons. The predicted molar refractivity (Wildman–Crippen MR) is 86.0 cm³/mol. The molecule has 22 heavy (non-hydrogen) atoms. The number of nitro benzene ring substituents is 1. The van der Waals surface area contributed by atoms with Gasteiger partial charge < -0.3 is 4.74 Å². The first-order chi connectivity index (χ1) is 10.6. The molecular formula is C16H17NO4S. The molecule has 1 fully saturated rings. The molecule has 2 heterocycles. The minimum absolute atomic E-state index is 0.0674. The van der Waals surface area contributed by atoms with E-state index in [9.17, 15) is 14.9 Å². The molecule has 0 aromatic heterocycles. The number of rotatable bonds is 3. The molecule has 2 aliphatic heterocycles. The summed E-state index contributed by atoms with van der Waals surface area (Å²) in [5.41, 5.74) is 2.05. The van der Waals surface area contributed by atoms with E-state index in [1.807, 2.05) is 11.8 Å². The molecule has 1 aromatic carbocycles. The van der Waals surface area contributed by atoms with E-state index in [2.05, 4.69) is 6.08 Å². The number of thioether (sulfide) groups is 1. The van der Waals surface area contributed by atoms with E-state index in [0.29, 0.717) is 10.5 Å². The minimum atomic E-state index is -0.545. The Labute approximate surface area is 132 Å². The number of methoxy groups -OCH3 is 1. The molecule has 0 amide bonds. The second-order valence-corrected chi connectivity index (χ2v) is 7.19. The highest BCUT2D eigenvalue weighted by molar-refractivity contribution is 8.00. The number of hydrogen-bond donors (Lipinski definition) is 0. The molecule has 6 heteroatoms. The fraction of sp³-hybridized carbons (Fsp3) is 0.438. The third kappa shape index (κ3) is 3.02. The largest absolute Gasteiger partial charge is 0.465 e. The summed E-state index contributed by atoms with van der Waals surface area (Å²) in [6, 6.07) is 4.54. The molecule has 3 rings (SSSR count). The van der Waals surface area contributed by atoms with Crippen molar-refractivity contribution in [3.8, 4) is 0 Å². The molecule has 2 unspecified atom stereocenters. The van der Waals surface area contributed by atoms with Crippen molar-refractivity contribution in [2.75, 3.05) is 7.11 Å². The van der Waals surface area contributed by atoms with Gasteiger partial charge in [0.15, 0.2) is 0 Å². The van der Waals surface area contributed by atoms with Crippen molar-refractivity contribution in [1.82, 2.24) is 0 Å². The molecule has 2 bridgehead atoms. The fourth-order valence-electron chi connectivity index (χ4n) is 3.09. The van der Waals surface area contributed by atoms with E-state index >= 15 is 0 Å². The highest BCUT2D eigenvalue weighted by atomic mass is 32.2. The number of esters is 1. The number of nitrogens with zero attached hydrogens (tertiary/aromatic N) is 1. The predicted octanol–water partition coefficient (Wildman–Crippen LogP) is 3.82. The van der Waals surface area contributed by atoms with E-state index in [1.54, 1.807) is 12.1 Å². The van der Waals surface area contributed by atoms with Gasteiger partial charge in [0.2, 0.25) is 0 Å². The van der Waals surface area contributed by atoms with Gasteiger partial charge in [0, 0.05) is 22.6 Å². The van der Waals surface area contributed by atoms with Crippen LogP contribution in [-0.4, -0.2) is 28.5 Å². The van der Waals surface area contributed by atoms with Gasteiger partial charge in [-0.1, -0.05) is 12.5 Å². The Bertz CT molecular complexity index is 656. The molecular weight excluding hydrogens is 302 g/mol. The van der Waals surface area contributed by atoms with Crippen LogP contribution in [0.15, 0.2) is 24.3 Å². The third-order valence-electron chi connectivity index (χ3n) is 4.14. The number of allylic oxidation sites excluding steroid dienone is 1. The number of hydrogen-bond acceptors (Lipinski definition) is 5. The van der Waals surface area contributed by atoms with Gasteiger partial charge in [-0.3, -0.25) is 10.1 Å². The van der Waals surface area contributed by atoms with Crippen LogP contribution >= 0.6 is 11.8 Å². The summed E-state index contributed by atoms with van der Waals surface area (Å²) in [5.74, 6) is -0.545. The van der Waals surface area contributed by atoms with Gasteiger partial charge in [-0.25, -0.2) is 4.79 Å². The van der Waals surface area contributed by atoms with E-state index in [0.717, 1.165) is 24.0 Å². The number of nitro groups is 1. The lowest BCUT2D eigenvalue weighted by atomic mass is 9.92. The zero-order valence-corrected chi connectivity index (χ0v) is 13.1. The quantitative estimate of drug-likeness (QED) is 0.481. The van der Waals surface area contributed by atoms with Crippen molar-refractivity contribution in [2.45, 2.75) is 36.2 Å². The van der Waals surface area contributed by atoms with E-state index in [-0.39, 0.29) is 11.3 Å². The molecule has 1 saturated heterocycles. The highest BCUT2D eigenvalue weighted by Gasteiger charge is 2.28. The summed E-state index contributed by atoms with van der Waals surface area (Å²) in [4.78, 5) is 22.4. The van der Waals surface area contributed by atoms with Crippen molar-refractivity contribution >= 4 is 29.0 Å². The van der Waals surface area contributed by atoms with Crippen LogP contribution in [0.25, 0.3) is 5.57 Å². The number of ether oxygens (including phenoxy) is 1. The van der Waals surface area contributed by atoms with Crippen molar-refractivity contribution in [3.05, 3.63) is 45.5 Å². The molecule has 2 atom stereocenters. The number of non-ortho nitro benzene ring substituents is 1. The van der Waals surface area contributed by atoms with Crippen LogP contribution in [0.1, 0.15) is 41.6 Å². The Kier molecular flexibility index (Phi) is 4.20. The maximum Gasteiger partial charge on any atom is 0.338 e. The van der Waals surface area contributed by atoms with Gasteiger partial charge in [0.05, 0.1) is 17.6 Å². The van der Waals surface area contributed by atoms with Gasteiger partial charge in [-0.05, 0) is 36.5 Å². The topological polar surface area (TPSA) is 69.4 Å². The summed E-state index contributed by atoms with van der Waals surface area (Å²) in [5, 5.41) is 12.2. The van der Waals surface area contributed by atoms with Crippen molar-refractivity contribution in [3.63, 3.8) is 0 Å². The second-order valence-electron chi connectivity index (χ2n) is 5.64. The molecule has 0 saturated carbocycles. The van der Waals surface area contributed by atoms with Crippen molar-refractivity contribution in [1.29, 1.82) is 0 Å². The Morgan fingerprint density at radius 1 is 1.36 bits per heavy atom. The zero-order chi connectivity index (χ0) is 15.7. The normalized spacial score (nSPS) is 23.6. The van der Waals surface area contributed by atoms with E-state index in [4.69, 9.17) is 4.74 Å². The van der Waals surface area contributed by atoms with Crippen LogP contribution in [0.5, 0.6) is 0 Å². The van der Waals surface area contributed by atoms with Crippen LogP contribution in [0.4, 0.5) is 5.69 Å². The Hall–Kier alpha value is -1.82. The molecule has 116 valence electrons. The highest BCUT2D eigenvalue weighted by Crippen LogP contribution is 2.43. The number of carbonyl (C=O) groups excluding carboxylic acids is 1. The van der Waals surface area contributed by atoms with Gasteiger partial charge >= 0.3 is 5.97 Å². The summed E-state index contributed by atoms with van der Waals surface area (Å²) in [6.45, 7) is 0. The maximum absolute atomic E-state index is 11.8. The average Bonchev–Trinajstić information content (AvgIpc) is 2.53. The van der Waals surface area contributed by atoms with Crippen LogP contribution in [-0.2, 0) is 4.74 Å². The van der Waals surface area contributed by atoms with Crippen molar-refractivity contribution < 1.29 is 14.5 Å². The summed E-state index contributed by atoms with van der Waals surface area (Å²) >= 11 is 2.00. The average molecular weight is 319 g/mol. The second kappa shape index (κ2) is 6.12.